The minimum absolute atomic E-state index is 0.454. The molecule has 140 valence electrons. The average Bonchev–Trinajstić information content (AvgIpc) is 2.60. The van der Waals surface area contributed by atoms with Crippen molar-refractivity contribution in [2.75, 3.05) is 0 Å². The standard InChI is InChI=1S/C22H34O3/c1-3-5-7-14-18-21(24)22(25)19-15-11-9-8-10-13-17-20(23)16-12-6-4-2/h6-15,17,19-25H,3-5,16,18H2,1-2H3/b10-8-,11-9+,12-6-,14-7-,17-13+,19-15+/t20-,21-,22+/m0/s1. The summed E-state index contributed by atoms with van der Waals surface area (Å²) in [7, 11) is 0. The van der Waals surface area contributed by atoms with E-state index >= 15 is 0 Å². The number of hydrogen-bond acceptors (Lipinski definition) is 3. The first-order valence-electron chi connectivity index (χ1n) is 9.14. The SMILES string of the molecule is CC/C=C\C[C@H](O)/C=C/C=C\C=C\C=C\[C@@H](O)[C@@H](O)C/C=C\CCC. The zero-order chi connectivity index (χ0) is 18.8. The van der Waals surface area contributed by atoms with Crippen molar-refractivity contribution in [1.29, 1.82) is 0 Å². The lowest BCUT2D eigenvalue weighted by Gasteiger charge is -2.11. The Kier molecular flexibility index (Phi) is 16.0. The molecule has 0 spiro atoms. The van der Waals surface area contributed by atoms with Gasteiger partial charge in [-0.15, -0.1) is 0 Å². The van der Waals surface area contributed by atoms with Gasteiger partial charge in [-0.2, -0.15) is 0 Å². The van der Waals surface area contributed by atoms with E-state index in [4.69, 9.17) is 0 Å². The molecule has 0 unspecified atom stereocenters. The summed E-state index contributed by atoms with van der Waals surface area (Å²) in [6.45, 7) is 4.16. The highest BCUT2D eigenvalue weighted by molar-refractivity contribution is 5.17. The molecular formula is C22H34O3. The second-order valence-corrected chi connectivity index (χ2v) is 5.78. The second kappa shape index (κ2) is 17.2. The van der Waals surface area contributed by atoms with Crippen LogP contribution in [0.1, 0.15) is 46.0 Å². The molecule has 25 heavy (non-hydrogen) atoms. The highest BCUT2D eigenvalue weighted by Crippen LogP contribution is 2.03. The first kappa shape index (κ1) is 23.3. The molecule has 0 aromatic carbocycles. The normalized spacial score (nSPS) is 17.2. The average molecular weight is 347 g/mol. The first-order chi connectivity index (χ1) is 12.1. The van der Waals surface area contributed by atoms with Crippen LogP contribution in [0.4, 0.5) is 0 Å². The van der Waals surface area contributed by atoms with Crippen LogP contribution in [0.15, 0.2) is 72.9 Å². The van der Waals surface area contributed by atoms with E-state index in [1.807, 2.05) is 42.5 Å². The fraction of sp³-hybridized carbons (Fsp3) is 0.455. The van der Waals surface area contributed by atoms with Crippen LogP contribution in [-0.4, -0.2) is 33.6 Å². The predicted molar refractivity (Wildman–Crippen MR) is 107 cm³/mol. The maximum Gasteiger partial charge on any atom is 0.0986 e. The molecule has 0 heterocycles. The van der Waals surface area contributed by atoms with Crippen molar-refractivity contribution < 1.29 is 15.3 Å². The Morgan fingerprint density at radius 1 is 0.680 bits per heavy atom. The Labute approximate surface area is 153 Å². The molecule has 0 aliphatic heterocycles. The molecule has 3 heteroatoms. The molecule has 0 radical (unpaired) electrons. The molecule has 3 N–H and O–H groups in total. The largest absolute Gasteiger partial charge is 0.390 e. The van der Waals surface area contributed by atoms with Gasteiger partial charge in [-0.3, -0.25) is 0 Å². The lowest BCUT2D eigenvalue weighted by molar-refractivity contribution is 0.0511. The molecule has 0 rings (SSSR count). The first-order valence-corrected chi connectivity index (χ1v) is 9.14. The van der Waals surface area contributed by atoms with Gasteiger partial charge in [-0.25, -0.2) is 0 Å². The van der Waals surface area contributed by atoms with Crippen molar-refractivity contribution in [2.24, 2.45) is 0 Å². The van der Waals surface area contributed by atoms with Gasteiger partial charge in [-0.05, 0) is 25.7 Å². The predicted octanol–water partition coefficient (Wildman–Crippen LogP) is 4.40. The van der Waals surface area contributed by atoms with Gasteiger partial charge in [0.15, 0.2) is 0 Å². The van der Waals surface area contributed by atoms with Crippen molar-refractivity contribution in [3.8, 4) is 0 Å². The van der Waals surface area contributed by atoms with Crippen LogP contribution in [0.3, 0.4) is 0 Å². The van der Waals surface area contributed by atoms with Crippen LogP contribution in [0, 0.1) is 0 Å². The highest BCUT2D eigenvalue weighted by Gasteiger charge is 2.10. The highest BCUT2D eigenvalue weighted by atomic mass is 16.3. The summed E-state index contributed by atoms with van der Waals surface area (Å²) < 4.78 is 0. The van der Waals surface area contributed by atoms with Crippen molar-refractivity contribution in [3.05, 3.63) is 72.9 Å². The summed E-state index contributed by atoms with van der Waals surface area (Å²) in [6.07, 6.45) is 24.1. The lowest BCUT2D eigenvalue weighted by Crippen LogP contribution is -2.22. The summed E-state index contributed by atoms with van der Waals surface area (Å²) >= 11 is 0. The van der Waals surface area contributed by atoms with E-state index < -0.39 is 18.3 Å². The summed E-state index contributed by atoms with van der Waals surface area (Å²) in [5.74, 6) is 0. The number of unbranched alkanes of at least 4 members (excludes halogenated alkanes) is 1. The maximum absolute atomic E-state index is 9.80. The van der Waals surface area contributed by atoms with Crippen molar-refractivity contribution in [3.63, 3.8) is 0 Å². The number of aliphatic hydroxyl groups is 3. The van der Waals surface area contributed by atoms with Crippen LogP contribution in [0.5, 0.6) is 0 Å². The molecule has 0 aromatic rings. The van der Waals surface area contributed by atoms with Crippen LogP contribution >= 0.6 is 0 Å². The maximum atomic E-state index is 9.80. The van der Waals surface area contributed by atoms with Crippen molar-refractivity contribution >= 4 is 0 Å². The van der Waals surface area contributed by atoms with E-state index in [-0.39, 0.29) is 0 Å². The Morgan fingerprint density at radius 2 is 1.28 bits per heavy atom. The molecule has 0 aromatic heterocycles. The van der Waals surface area contributed by atoms with Gasteiger partial charge >= 0.3 is 0 Å². The van der Waals surface area contributed by atoms with E-state index in [0.717, 1.165) is 19.3 Å². The fourth-order valence-electron chi connectivity index (χ4n) is 1.90. The molecule has 3 atom stereocenters. The number of hydrogen-bond donors (Lipinski definition) is 3. The van der Waals surface area contributed by atoms with Gasteiger partial charge in [0.2, 0.25) is 0 Å². The van der Waals surface area contributed by atoms with Crippen molar-refractivity contribution in [1.82, 2.24) is 0 Å². The van der Waals surface area contributed by atoms with Crippen LogP contribution in [0.2, 0.25) is 0 Å². The third kappa shape index (κ3) is 15.6. The summed E-state index contributed by atoms with van der Waals surface area (Å²) in [5.41, 5.74) is 0. The number of aliphatic hydroxyl groups excluding tert-OH is 3. The second-order valence-electron chi connectivity index (χ2n) is 5.78. The number of rotatable bonds is 13. The van der Waals surface area contributed by atoms with Crippen LogP contribution in [0.25, 0.3) is 0 Å². The molecule has 3 nitrogen and oxygen atoms in total. The summed E-state index contributed by atoms with van der Waals surface area (Å²) in [6, 6.07) is 0. The van der Waals surface area contributed by atoms with E-state index in [9.17, 15) is 15.3 Å². The third-order valence-electron chi connectivity index (χ3n) is 3.37. The smallest absolute Gasteiger partial charge is 0.0986 e. The van der Waals surface area contributed by atoms with E-state index in [2.05, 4.69) is 13.8 Å². The third-order valence-corrected chi connectivity index (χ3v) is 3.37. The van der Waals surface area contributed by atoms with E-state index in [1.54, 1.807) is 30.4 Å². The Bertz CT molecular complexity index is 470. The van der Waals surface area contributed by atoms with Crippen molar-refractivity contribution in [2.45, 2.75) is 64.3 Å². The molecule has 0 aliphatic rings. The number of allylic oxidation sites excluding steroid dienone is 8. The molecule has 0 bridgehead atoms. The van der Waals surface area contributed by atoms with Crippen LogP contribution in [-0.2, 0) is 0 Å². The van der Waals surface area contributed by atoms with E-state index in [0.29, 0.717) is 12.8 Å². The minimum atomic E-state index is -0.869. The van der Waals surface area contributed by atoms with E-state index in [1.165, 1.54) is 0 Å². The molecule has 0 saturated carbocycles. The van der Waals surface area contributed by atoms with Gasteiger partial charge in [0.05, 0.1) is 18.3 Å². The zero-order valence-electron chi connectivity index (χ0n) is 15.5. The topological polar surface area (TPSA) is 60.7 Å². The Morgan fingerprint density at radius 3 is 1.92 bits per heavy atom. The molecular weight excluding hydrogens is 312 g/mol. The summed E-state index contributed by atoms with van der Waals surface area (Å²) in [4.78, 5) is 0. The molecule has 0 saturated heterocycles. The van der Waals surface area contributed by atoms with Gasteiger partial charge < -0.3 is 15.3 Å². The Balaban J connectivity index is 4.04. The lowest BCUT2D eigenvalue weighted by atomic mass is 10.1. The van der Waals surface area contributed by atoms with Gasteiger partial charge in [0.1, 0.15) is 0 Å². The molecule has 0 aliphatic carbocycles. The van der Waals surface area contributed by atoms with Gasteiger partial charge in [0, 0.05) is 0 Å². The minimum Gasteiger partial charge on any atom is -0.390 e. The van der Waals surface area contributed by atoms with Gasteiger partial charge in [0.25, 0.3) is 0 Å². The molecule has 0 fully saturated rings. The zero-order valence-corrected chi connectivity index (χ0v) is 15.5. The fourth-order valence-corrected chi connectivity index (χ4v) is 1.90. The van der Waals surface area contributed by atoms with Crippen LogP contribution < -0.4 is 0 Å². The quantitative estimate of drug-likeness (QED) is 0.342. The molecule has 0 amide bonds. The van der Waals surface area contributed by atoms with Gasteiger partial charge in [-0.1, -0.05) is 93.2 Å². The summed E-state index contributed by atoms with van der Waals surface area (Å²) in [5, 5.41) is 29.3. The Hall–Kier alpha value is -1.68. The monoisotopic (exact) mass is 346 g/mol.